The Kier molecular flexibility index (Phi) is 5.51. The van der Waals surface area contributed by atoms with Crippen LogP contribution in [-0.4, -0.2) is 34.8 Å². The smallest absolute Gasteiger partial charge is 0.259 e. The fourth-order valence-corrected chi connectivity index (χ4v) is 4.96. The number of ketones is 2. The lowest BCUT2D eigenvalue weighted by atomic mass is 9.71. The number of rotatable bonds is 5. The van der Waals surface area contributed by atoms with Gasteiger partial charge in [-0.1, -0.05) is 30.3 Å². The predicted octanol–water partition coefficient (Wildman–Crippen LogP) is 4.14. The molecule has 1 heterocycles. The Balaban J connectivity index is 1.57. The third kappa shape index (κ3) is 3.46. The van der Waals surface area contributed by atoms with Crippen molar-refractivity contribution in [3.05, 3.63) is 88.1 Å². The lowest BCUT2D eigenvalue weighted by Crippen LogP contribution is -2.38. The van der Waals surface area contributed by atoms with Crippen LogP contribution in [0.3, 0.4) is 0 Å². The molecule has 0 radical (unpaired) electrons. The summed E-state index contributed by atoms with van der Waals surface area (Å²) in [5.74, 6) is -3.56. The van der Waals surface area contributed by atoms with Crippen LogP contribution in [0.15, 0.2) is 65.6 Å². The highest BCUT2D eigenvalue weighted by Gasteiger charge is 2.55. The molecule has 1 amide bonds. The number of carbonyl (C=O) groups excluding carboxylic acids is 3. The van der Waals surface area contributed by atoms with E-state index in [1.165, 1.54) is 26.2 Å². The number of phenols is 1. The molecule has 0 saturated heterocycles. The van der Waals surface area contributed by atoms with E-state index in [1.54, 1.807) is 30.3 Å². The molecule has 0 unspecified atom stereocenters. The lowest BCUT2D eigenvalue weighted by Gasteiger charge is -2.27. The summed E-state index contributed by atoms with van der Waals surface area (Å²) in [7, 11) is 1.31. The quantitative estimate of drug-likeness (QED) is 0.447. The maximum Gasteiger partial charge on any atom is 0.259 e. The second kappa shape index (κ2) is 8.48. The minimum atomic E-state index is -1.65. The monoisotopic (exact) mass is 503 g/mol. The topological polar surface area (TPSA) is 122 Å². The highest BCUT2D eigenvalue weighted by atomic mass is 19.1. The standard InChI is InChI=1S/C28H22FNO7/c1-13(31)22-18(32)11-21-28(2,26(22)34)24-19(33)10-20(36-3)23(25(24)37-21)27(35)30-12-14-8-9-17(29)16-7-5-4-6-15(14)16/h4-11,32-33H,12H2,1-3H3,(H,30,35)/t28-/m1/s1. The second-order valence-electron chi connectivity index (χ2n) is 8.99. The van der Waals surface area contributed by atoms with E-state index in [0.29, 0.717) is 16.3 Å². The van der Waals surface area contributed by atoms with E-state index >= 15 is 0 Å². The second-order valence-corrected chi connectivity index (χ2v) is 8.99. The van der Waals surface area contributed by atoms with Crippen LogP contribution in [0.5, 0.6) is 17.2 Å². The van der Waals surface area contributed by atoms with Gasteiger partial charge in [0.25, 0.3) is 5.91 Å². The molecule has 37 heavy (non-hydrogen) atoms. The molecular weight excluding hydrogens is 481 g/mol. The average molecular weight is 503 g/mol. The van der Waals surface area contributed by atoms with E-state index in [0.717, 1.165) is 13.0 Å². The number of fused-ring (bicyclic) bond motifs is 4. The molecule has 3 aromatic rings. The zero-order chi connectivity index (χ0) is 26.6. The molecule has 9 heteroatoms. The van der Waals surface area contributed by atoms with Gasteiger partial charge in [0.1, 0.15) is 45.4 Å². The number of aliphatic hydroxyl groups excluding tert-OH is 1. The van der Waals surface area contributed by atoms with Crippen molar-refractivity contribution in [2.24, 2.45) is 0 Å². The summed E-state index contributed by atoms with van der Waals surface area (Å²) in [6, 6.07) is 11.0. The molecule has 0 aromatic heterocycles. The molecule has 2 aliphatic rings. The number of halogens is 1. The molecule has 0 bridgehead atoms. The number of Topliss-reactive ketones (excluding diaryl/α,β-unsaturated/α-hetero) is 2. The largest absolute Gasteiger partial charge is 0.507 e. The third-order valence-corrected chi connectivity index (χ3v) is 6.83. The van der Waals surface area contributed by atoms with Crippen LogP contribution in [0.2, 0.25) is 0 Å². The van der Waals surface area contributed by atoms with Gasteiger partial charge in [0.15, 0.2) is 17.3 Å². The molecule has 0 fully saturated rings. The molecule has 1 atom stereocenters. The molecule has 188 valence electrons. The summed E-state index contributed by atoms with van der Waals surface area (Å²) in [4.78, 5) is 38.9. The number of allylic oxidation sites excluding steroid dienone is 3. The van der Waals surface area contributed by atoms with Gasteiger partial charge in [-0.2, -0.15) is 0 Å². The Morgan fingerprint density at radius 2 is 1.84 bits per heavy atom. The molecule has 3 N–H and O–H groups in total. The Hall–Kier alpha value is -4.66. The predicted molar refractivity (Wildman–Crippen MR) is 131 cm³/mol. The summed E-state index contributed by atoms with van der Waals surface area (Å²) < 4.78 is 25.4. The van der Waals surface area contributed by atoms with E-state index in [-0.39, 0.29) is 46.5 Å². The van der Waals surface area contributed by atoms with Crippen molar-refractivity contribution in [3.8, 4) is 17.2 Å². The average Bonchev–Trinajstić information content (AvgIpc) is 3.16. The van der Waals surface area contributed by atoms with Crippen molar-refractivity contribution < 1.29 is 38.5 Å². The fourth-order valence-electron chi connectivity index (χ4n) is 4.96. The lowest BCUT2D eigenvalue weighted by molar-refractivity contribution is -0.123. The van der Waals surface area contributed by atoms with Crippen LogP contribution in [0.1, 0.15) is 35.3 Å². The Morgan fingerprint density at radius 3 is 2.51 bits per heavy atom. The number of methoxy groups -OCH3 is 1. The van der Waals surface area contributed by atoms with E-state index in [4.69, 9.17) is 9.47 Å². The summed E-state index contributed by atoms with van der Waals surface area (Å²) in [6.45, 7) is 2.63. The van der Waals surface area contributed by atoms with Crippen LogP contribution < -0.4 is 14.8 Å². The van der Waals surface area contributed by atoms with E-state index in [9.17, 15) is 29.0 Å². The molecule has 0 spiro atoms. The maximum atomic E-state index is 14.2. The first kappa shape index (κ1) is 24.1. The van der Waals surface area contributed by atoms with Gasteiger partial charge in [-0.15, -0.1) is 0 Å². The molecule has 8 nitrogen and oxygen atoms in total. The molecular formula is C28H22FNO7. The first-order valence-electron chi connectivity index (χ1n) is 11.4. The van der Waals surface area contributed by atoms with Crippen molar-refractivity contribution >= 4 is 28.2 Å². The number of aromatic hydroxyl groups is 1. The van der Waals surface area contributed by atoms with Crippen molar-refractivity contribution in [1.29, 1.82) is 0 Å². The van der Waals surface area contributed by atoms with Crippen LogP contribution in [-0.2, 0) is 21.5 Å². The fraction of sp³-hybridized carbons (Fsp3) is 0.179. The summed E-state index contributed by atoms with van der Waals surface area (Å²) in [5, 5.41) is 25.0. The minimum absolute atomic E-state index is 0.0167. The zero-order valence-corrected chi connectivity index (χ0v) is 20.1. The first-order chi connectivity index (χ1) is 17.6. The van der Waals surface area contributed by atoms with Crippen molar-refractivity contribution in [1.82, 2.24) is 5.32 Å². The number of ether oxygens (including phenoxy) is 2. The maximum absolute atomic E-state index is 14.2. The Labute approximate surface area is 210 Å². The van der Waals surface area contributed by atoms with Crippen LogP contribution >= 0.6 is 0 Å². The Morgan fingerprint density at radius 1 is 1.14 bits per heavy atom. The summed E-state index contributed by atoms with van der Waals surface area (Å²) >= 11 is 0. The number of nitrogens with one attached hydrogen (secondary N) is 1. The molecule has 1 aliphatic heterocycles. The number of phenolic OH excluding ortho intramolecular Hbond substituents is 1. The van der Waals surface area contributed by atoms with Gasteiger partial charge in [0.2, 0.25) is 0 Å². The summed E-state index contributed by atoms with van der Waals surface area (Å²) in [6.07, 6.45) is 1.14. The molecule has 0 saturated carbocycles. The Bertz CT molecular complexity index is 1600. The number of hydrogen-bond donors (Lipinski definition) is 3. The summed E-state index contributed by atoms with van der Waals surface area (Å²) in [5.41, 5.74) is -1.52. The van der Waals surface area contributed by atoms with Gasteiger partial charge in [-0.05, 0) is 30.9 Å². The highest BCUT2D eigenvalue weighted by Crippen LogP contribution is 2.56. The number of hydrogen-bond acceptors (Lipinski definition) is 7. The molecule has 3 aromatic carbocycles. The van der Waals surface area contributed by atoms with E-state index in [2.05, 4.69) is 5.32 Å². The van der Waals surface area contributed by atoms with Crippen molar-refractivity contribution in [2.45, 2.75) is 25.8 Å². The third-order valence-electron chi connectivity index (χ3n) is 6.83. The van der Waals surface area contributed by atoms with Crippen molar-refractivity contribution in [3.63, 3.8) is 0 Å². The van der Waals surface area contributed by atoms with E-state index in [1.807, 2.05) is 0 Å². The van der Waals surface area contributed by atoms with Crippen molar-refractivity contribution in [2.75, 3.05) is 7.11 Å². The van der Waals surface area contributed by atoms with E-state index < -0.39 is 34.2 Å². The van der Waals surface area contributed by atoms with Gasteiger partial charge < -0.3 is 25.0 Å². The number of benzene rings is 3. The van der Waals surface area contributed by atoms with Crippen LogP contribution in [0.25, 0.3) is 10.8 Å². The molecule has 1 aliphatic carbocycles. The zero-order valence-electron chi connectivity index (χ0n) is 20.1. The van der Waals surface area contributed by atoms with Crippen LogP contribution in [0, 0.1) is 5.82 Å². The molecule has 5 rings (SSSR count). The normalized spacial score (nSPS) is 18.2. The number of carbonyl (C=O) groups is 3. The van der Waals surface area contributed by atoms with Gasteiger partial charge in [0, 0.05) is 24.1 Å². The van der Waals surface area contributed by atoms with Gasteiger partial charge in [-0.3, -0.25) is 14.4 Å². The van der Waals surface area contributed by atoms with Crippen LogP contribution in [0.4, 0.5) is 4.39 Å². The number of aliphatic hydroxyl groups is 1. The number of amides is 1. The van der Waals surface area contributed by atoms with Gasteiger partial charge in [-0.25, -0.2) is 4.39 Å². The highest BCUT2D eigenvalue weighted by molar-refractivity contribution is 6.25. The minimum Gasteiger partial charge on any atom is -0.507 e. The van der Waals surface area contributed by atoms with Gasteiger partial charge in [0.05, 0.1) is 12.7 Å². The SMILES string of the molecule is COc1cc(O)c2c(c1C(=O)NCc1ccc(F)c3ccccc13)OC1=CC(O)=C(C(C)=O)C(=O)[C@]12C. The van der Waals surface area contributed by atoms with Gasteiger partial charge >= 0.3 is 0 Å². The first-order valence-corrected chi connectivity index (χ1v) is 11.4.